The minimum atomic E-state index is -4.96. The van der Waals surface area contributed by atoms with Gasteiger partial charge in [-0.1, -0.05) is 18.7 Å². The Labute approximate surface area is 282 Å². The van der Waals surface area contributed by atoms with E-state index in [1.807, 2.05) is 0 Å². The quantitative estimate of drug-likeness (QED) is 0.125. The summed E-state index contributed by atoms with van der Waals surface area (Å²) in [6.07, 6.45) is -12.6. The number of aldehydes is 1. The Bertz CT molecular complexity index is 2110. The Balaban J connectivity index is 0.000000201. The van der Waals surface area contributed by atoms with Gasteiger partial charge in [0.2, 0.25) is 0 Å². The van der Waals surface area contributed by atoms with E-state index in [0.717, 1.165) is 16.8 Å². The van der Waals surface area contributed by atoms with Gasteiger partial charge in [0.05, 0.1) is 60.1 Å². The zero-order valence-corrected chi connectivity index (χ0v) is 25.6. The molecule has 6 aromatic rings. The first-order valence-electron chi connectivity index (χ1n) is 14.2. The third-order valence-electron chi connectivity index (χ3n) is 7.09. The third-order valence-corrected chi connectivity index (χ3v) is 7.09. The van der Waals surface area contributed by atoms with Crippen LogP contribution in [0.15, 0.2) is 67.8 Å². The molecule has 4 aromatic heterocycles. The van der Waals surface area contributed by atoms with E-state index in [1.54, 1.807) is 0 Å². The second-order valence-corrected chi connectivity index (χ2v) is 10.7. The van der Waals surface area contributed by atoms with Gasteiger partial charge in [0.1, 0.15) is 22.1 Å². The van der Waals surface area contributed by atoms with E-state index < -0.39 is 53.5 Å². The van der Waals surface area contributed by atoms with Gasteiger partial charge in [0.15, 0.2) is 17.9 Å². The summed E-state index contributed by atoms with van der Waals surface area (Å²) in [5.41, 5.74) is -5.04. The van der Waals surface area contributed by atoms with Gasteiger partial charge in [0.25, 0.3) is 0 Å². The van der Waals surface area contributed by atoms with Crippen LogP contribution < -0.4 is 0 Å². The number of halogens is 12. The maximum atomic E-state index is 13.2. The van der Waals surface area contributed by atoms with Crippen molar-refractivity contribution in [1.82, 2.24) is 39.5 Å². The third kappa shape index (κ3) is 8.52. The standard InChI is InChI=1S/C16H10F6N4.C15H8F6N4O/c1-2-14-23-6-12-13(24-14)8-26(25-12)7-9-3-4-10(15(17,18)19)5-11(9)16(20,21)22;16-14(17,18)9-2-1-8(10(3-9)15(19,20)21)5-25-6-12-11(24-25)4-22-13(7-26)23-12/h2-6,8H,1,7H2;1-4,6-7H,5H2. The number of hydrogen-bond acceptors (Lipinski definition) is 7. The molecule has 0 saturated heterocycles. The Kier molecular flexibility index (Phi) is 9.83. The summed E-state index contributed by atoms with van der Waals surface area (Å²) in [4.78, 5) is 26.2. The molecule has 0 N–H and O–H groups in total. The summed E-state index contributed by atoms with van der Waals surface area (Å²) in [7, 11) is 0. The molecular weight excluding hydrogens is 728 g/mol. The molecule has 0 radical (unpaired) electrons. The number of aromatic nitrogens is 8. The fraction of sp³-hybridized carbons (Fsp3) is 0.194. The normalized spacial score (nSPS) is 12.5. The van der Waals surface area contributed by atoms with Crippen LogP contribution in [-0.4, -0.2) is 45.8 Å². The second-order valence-electron chi connectivity index (χ2n) is 10.7. The number of carbonyl (C=O) groups is 1. The van der Waals surface area contributed by atoms with Crippen molar-refractivity contribution in [2.45, 2.75) is 37.8 Å². The van der Waals surface area contributed by atoms with Crippen molar-refractivity contribution < 1.29 is 57.5 Å². The monoisotopic (exact) mass is 746 g/mol. The van der Waals surface area contributed by atoms with Crippen LogP contribution in [-0.2, 0) is 37.8 Å². The summed E-state index contributed by atoms with van der Waals surface area (Å²) in [5.74, 6) is 0.199. The van der Waals surface area contributed by atoms with Crippen LogP contribution in [0.1, 0.15) is 49.8 Å². The van der Waals surface area contributed by atoms with Crippen molar-refractivity contribution in [1.29, 1.82) is 0 Å². The molecule has 0 fully saturated rings. The molecular formula is C31H18F12N8O. The van der Waals surface area contributed by atoms with Crippen molar-refractivity contribution in [3.8, 4) is 0 Å². The predicted molar refractivity (Wildman–Crippen MR) is 157 cm³/mol. The smallest absolute Gasteiger partial charge is 0.294 e. The maximum Gasteiger partial charge on any atom is 0.416 e. The van der Waals surface area contributed by atoms with Crippen LogP contribution in [0, 0.1) is 0 Å². The molecule has 0 unspecified atom stereocenters. The Hall–Kier alpha value is -5.89. The van der Waals surface area contributed by atoms with Crippen LogP contribution in [0.2, 0.25) is 0 Å². The molecule has 6 rings (SSSR count). The number of nitrogens with zero attached hydrogens (tertiary/aromatic N) is 8. The lowest BCUT2D eigenvalue weighted by molar-refractivity contribution is -0.145. The highest BCUT2D eigenvalue weighted by Crippen LogP contribution is 2.39. The Morgan fingerprint density at radius 2 is 0.981 bits per heavy atom. The first kappa shape index (κ1) is 37.4. The number of rotatable bonds is 6. The fourth-order valence-corrected chi connectivity index (χ4v) is 4.74. The van der Waals surface area contributed by atoms with Crippen molar-refractivity contribution in [2.24, 2.45) is 0 Å². The van der Waals surface area contributed by atoms with Crippen LogP contribution in [0.25, 0.3) is 28.1 Å². The van der Waals surface area contributed by atoms with Crippen molar-refractivity contribution >= 4 is 34.4 Å². The van der Waals surface area contributed by atoms with E-state index in [9.17, 15) is 57.5 Å². The van der Waals surface area contributed by atoms with E-state index in [0.29, 0.717) is 35.3 Å². The largest absolute Gasteiger partial charge is 0.416 e. The lowest BCUT2D eigenvalue weighted by Crippen LogP contribution is -2.15. The molecule has 4 heterocycles. The minimum Gasteiger partial charge on any atom is -0.294 e. The lowest BCUT2D eigenvalue weighted by Gasteiger charge is -2.16. The highest BCUT2D eigenvalue weighted by Gasteiger charge is 2.39. The molecule has 9 nitrogen and oxygen atoms in total. The zero-order chi connectivity index (χ0) is 38.2. The molecule has 0 amide bonds. The van der Waals surface area contributed by atoms with E-state index in [1.165, 1.54) is 35.5 Å². The first-order valence-corrected chi connectivity index (χ1v) is 14.2. The molecule has 0 aliphatic heterocycles. The predicted octanol–water partition coefficient (Wildman–Crippen LogP) is 8.28. The van der Waals surface area contributed by atoms with Crippen LogP contribution in [0.3, 0.4) is 0 Å². The molecule has 0 aliphatic rings. The fourth-order valence-electron chi connectivity index (χ4n) is 4.74. The highest BCUT2D eigenvalue weighted by atomic mass is 19.4. The number of carbonyl (C=O) groups excluding carboxylic acids is 1. The summed E-state index contributed by atoms with van der Waals surface area (Å²) in [6.45, 7) is 2.71. The van der Waals surface area contributed by atoms with E-state index >= 15 is 0 Å². The van der Waals surface area contributed by atoms with E-state index in [2.05, 4.69) is 36.7 Å². The van der Waals surface area contributed by atoms with Crippen LogP contribution in [0.4, 0.5) is 52.7 Å². The minimum absolute atomic E-state index is 0.0723. The molecule has 0 spiro atoms. The van der Waals surface area contributed by atoms with Crippen molar-refractivity contribution in [3.05, 3.63) is 113 Å². The van der Waals surface area contributed by atoms with Gasteiger partial charge in [-0.2, -0.15) is 62.9 Å². The zero-order valence-electron chi connectivity index (χ0n) is 25.6. The number of alkyl halides is 12. The van der Waals surface area contributed by atoms with Crippen molar-refractivity contribution in [2.75, 3.05) is 0 Å². The summed E-state index contributed by atoms with van der Waals surface area (Å²) >= 11 is 0. The average molecular weight is 747 g/mol. The highest BCUT2D eigenvalue weighted by molar-refractivity contribution is 5.77. The van der Waals surface area contributed by atoms with Gasteiger partial charge in [-0.3, -0.25) is 14.2 Å². The second kappa shape index (κ2) is 13.7. The molecule has 21 heteroatoms. The van der Waals surface area contributed by atoms with E-state index in [4.69, 9.17) is 0 Å². The van der Waals surface area contributed by atoms with Crippen LogP contribution >= 0.6 is 0 Å². The topological polar surface area (TPSA) is 104 Å². The molecule has 0 aliphatic carbocycles. The molecule has 0 bridgehead atoms. The van der Waals surface area contributed by atoms with Crippen LogP contribution in [0.5, 0.6) is 0 Å². The van der Waals surface area contributed by atoms with Crippen molar-refractivity contribution in [3.63, 3.8) is 0 Å². The first-order chi connectivity index (χ1) is 24.1. The molecule has 0 saturated carbocycles. The van der Waals surface area contributed by atoms with Gasteiger partial charge in [-0.25, -0.2) is 19.9 Å². The Morgan fingerprint density at radius 3 is 1.35 bits per heavy atom. The molecule has 0 atom stereocenters. The SMILES string of the molecule is C=Cc1ncc2nn(Cc3ccc(C(F)(F)F)cc3C(F)(F)F)cc2n1.O=Cc1ncc2nn(Cc3ccc(C(F)(F)F)cc3C(F)(F)F)cc2n1. The van der Waals surface area contributed by atoms with Gasteiger partial charge in [0, 0.05) is 0 Å². The average Bonchev–Trinajstić information content (AvgIpc) is 3.65. The number of hydrogen-bond donors (Lipinski definition) is 0. The summed E-state index contributed by atoms with van der Waals surface area (Å²) < 4.78 is 158. The lowest BCUT2D eigenvalue weighted by atomic mass is 10.0. The van der Waals surface area contributed by atoms with Gasteiger partial charge in [-0.05, 0) is 41.5 Å². The Morgan fingerprint density at radius 1 is 0.577 bits per heavy atom. The maximum absolute atomic E-state index is 13.2. The number of fused-ring (bicyclic) bond motifs is 2. The van der Waals surface area contributed by atoms with E-state index in [-0.39, 0.29) is 46.7 Å². The van der Waals surface area contributed by atoms with Gasteiger partial charge >= 0.3 is 24.7 Å². The summed E-state index contributed by atoms with van der Waals surface area (Å²) in [6, 6.07) is 2.94. The molecule has 272 valence electrons. The number of benzene rings is 2. The molecule has 52 heavy (non-hydrogen) atoms. The van der Waals surface area contributed by atoms with Gasteiger partial charge in [-0.15, -0.1) is 0 Å². The van der Waals surface area contributed by atoms with Gasteiger partial charge < -0.3 is 0 Å². The summed E-state index contributed by atoms with van der Waals surface area (Å²) in [5, 5.41) is 8.01. The molecule has 2 aromatic carbocycles.